The molecule has 1 aliphatic rings. The molecule has 3 heteroatoms. The first-order valence-corrected chi connectivity index (χ1v) is 8.58. The van der Waals surface area contributed by atoms with Crippen LogP contribution in [-0.2, 0) is 9.53 Å². The molecule has 0 aromatic heterocycles. The van der Waals surface area contributed by atoms with Gasteiger partial charge in [-0.1, -0.05) is 64.7 Å². The Hall–Kier alpha value is -0.570. The van der Waals surface area contributed by atoms with E-state index in [1.54, 1.807) is 0 Å². The van der Waals surface area contributed by atoms with Gasteiger partial charge in [-0.15, -0.1) is 0 Å². The van der Waals surface area contributed by atoms with E-state index in [4.69, 9.17) is 4.74 Å². The van der Waals surface area contributed by atoms with Crippen molar-refractivity contribution < 1.29 is 9.53 Å². The maximum Gasteiger partial charge on any atom is 0.326 e. The standard InChI is InChI=1S/C17H33NO2/c1-3-15-18-17(16(19)20-2)13-11-9-7-5-4-6-8-10-12-14-17/h18H,3-15H2,1-2H3. The molecule has 1 N–H and O–H groups in total. The Morgan fingerprint density at radius 2 is 1.40 bits per heavy atom. The summed E-state index contributed by atoms with van der Waals surface area (Å²) in [5.74, 6) is -0.0528. The number of hydrogen-bond acceptors (Lipinski definition) is 3. The first-order valence-electron chi connectivity index (χ1n) is 8.58. The van der Waals surface area contributed by atoms with E-state index < -0.39 is 5.54 Å². The minimum Gasteiger partial charge on any atom is -0.468 e. The van der Waals surface area contributed by atoms with Crippen LogP contribution in [0.3, 0.4) is 0 Å². The van der Waals surface area contributed by atoms with Crippen molar-refractivity contribution in [2.24, 2.45) is 0 Å². The topological polar surface area (TPSA) is 38.3 Å². The van der Waals surface area contributed by atoms with E-state index in [0.717, 1.165) is 38.6 Å². The molecule has 0 spiro atoms. The van der Waals surface area contributed by atoms with Crippen molar-refractivity contribution in [1.29, 1.82) is 0 Å². The minimum atomic E-state index is -0.427. The van der Waals surface area contributed by atoms with Crippen molar-refractivity contribution >= 4 is 5.97 Å². The van der Waals surface area contributed by atoms with Crippen molar-refractivity contribution in [2.75, 3.05) is 13.7 Å². The van der Waals surface area contributed by atoms with Crippen LogP contribution in [0, 0.1) is 0 Å². The average molecular weight is 283 g/mol. The van der Waals surface area contributed by atoms with E-state index in [1.807, 2.05) is 0 Å². The van der Waals surface area contributed by atoms with Crippen molar-refractivity contribution in [3.63, 3.8) is 0 Å². The molecule has 0 amide bonds. The van der Waals surface area contributed by atoms with Crippen LogP contribution in [0.2, 0.25) is 0 Å². The molecule has 0 saturated heterocycles. The molecule has 0 aromatic rings. The van der Waals surface area contributed by atoms with Gasteiger partial charge in [0.1, 0.15) is 5.54 Å². The lowest BCUT2D eigenvalue weighted by atomic mass is 9.85. The van der Waals surface area contributed by atoms with Gasteiger partial charge in [-0.3, -0.25) is 4.79 Å². The molecule has 0 radical (unpaired) electrons. The molecule has 1 rings (SSSR count). The lowest BCUT2D eigenvalue weighted by Crippen LogP contribution is -2.53. The second kappa shape index (κ2) is 10.2. The lowest BCUT2D eigenvalue weighted by Gasteiger charge is -2.32. The Morgan fingerprint density at radius 1 is 0.950 bits per heavy atom. The average Bonchev–Trinajstić information content (AvgIpc) is 2.46. The third-order valence-electron chi connectivity index (χ3n) is 4.50. The molecule has 20 heavy (non-hydrogen) atoms. The second-order valence-corrected chi connectivity index (χ2v) is 6.18. The van der Waals surface area contributed by atoms with Gasteiger partial charge < -0.3 is 10.1 Å². The Labute approximate surface area is 124 Å². The van der Waals surface area contributed by atoms with Gasteiger partial charge in [-0.2, -0.15) is 0 Å². The van der Waals surface area contributed by atoms with E-state index >= 15 is 0 Å². The molecule has 0 bridgehead atoms. The van der Waals surface area contributed by atoms with Crippen molar-refractivity contribution in [3.8, 4) is 0 Å². The molecule has 3 nitrogen and oxygen atoms in total. The van der Waals surface area contributed by atoms with Crippen molar-refractivity contribution in [2.45, 2.75) is 89.5 Å². The van der Waals surface area contributed by atoms with Crippen LogP contribution in [0.15, 0.2) is 0 Å². The zero-order chi connectivity index (χ0) is 14.7. The van der Waals surface area contributed by atoms with Gasteiger partial charge in [-0.25, -0.2) is 0 Å². The Morgan fingerprint density at radius 3 is 1.80 bits per heavy atom. The first kappa shape index (κ1) is 17.5. The van der Waals surface area contributed by atoms with Crippen LogP contribution in [0.25, 0.3) is 0 Å². The molecular weight excluding hydrogens is 250 g/mol. The van der Waals surface area contributed by atoms with Crippen LogP contribution < -0.4 is 5.32 Å². The normalized spacial score (nSPS) is 21.5. The summed E-state index contributed by atoms with van der Waals surface area (Å²) in [6.45, 7) is 3.04. The Kier molecular flexibility index (Phi) is 8.92. The van der Waals surface area contributed by atoms with Crippen LogP contribution in [0.1, 0.15) is 84.0 Å². The minimum absolute atomic E-state index is 0.0528. The maximum atomic E-state index is 12.3. The summed E-state index contributed by atoms with van der Waals surface area (Å²) in [5, 5.41) is 3.51. The van der Waals surface area contributed by atoms with Gasteiger partial charge in [0.25, 0.3) is 0 Å². The van der Waals surface area contributed by atoms with Gasteiger partial charge in [-0.05, 0) is 25.8 Å². The number of ether oxygens (including phenoxy) is 1. The fourth-order valence-electron chi connectivity index (χ4n) is 3.23. The quantitative estimate of drug-likeness (QED) is 0.786. The highest BCUT2D eigenvalue weighted by atomic mass is 16.5. The third kappa shape index (κ3) is 5.82. The number of carbonyl (C=O) groups excluding carboxylic acids is 1. The SMILES string of the molecule is CCCNC1(C(=O)OC)CCCCCCCCCCC1. The monoisotopic (exact) mass is 283 g/mol. The number of esters is 1. The van der Waals surface area contributed by atoms with Gasteiger partial charge in [0.2, 0.25) is 0 Å². The highest BCUT2D eigenvalue weighted by Crippen LogP contribution is 2.26. The van der Waals surface area contributed by atoms with E-state index in [1.165, 1.54) is 52.1 Å². The van der Waals surface area contributed by atoms with E-state index in [9.17, 15) is 4.79 Å². The smallest absolute Gasteiger partial charge is 0.326 e. The fraction of sp³-hybridized carbons (Fsp3) is 0.941. The zero-order valence-corrected chi connectivity index (χ0v) is 13.5. The van der Waals surface area contributed by atoms with E-state index in [2.05, 4.69) is 12.2 Å². The molecule has 0 atom stereocenters. The van der Waals surface area contributed by atoms with Gasteiger partial charge >= 0.3 is 5.97 Å². The predicted molar refractivity (Wildman–Crippen MR) is 83.8 cm³/mol. The molecule has 0 aliphatic heterocycles. The summed E-state index contributed by atoms with van der Waals surface area (Å²) >= 11 is 0. The maximum absolute atomic E-state index is 12.3. The van der Waals surface area contributed by atoms with Gasteiger partial charge in [0.05, 0.1) is 7.11 Å². The highest BCUT2D eigenvalue weighted by molar-refractivity contribution is 5.80. The fourth-order valence-corrected chi connectivity index (χ4v) is 3.23. The molecule has 1 fully saturated rings. The Balaban J connectivity index is 2.68. The predicted octanol–water partition coefficient (Wildman–Crippen LogP) is 4.20. The Bertz CT molecular complexity index is 254. The summed E-state index contributed by atoms with van der Waals surface area (Å²) in [6, 6.07) is 0. The summed E-state index contributed by atoms with van der Waals surface area (Å²) in [7, 11) is 1.52. The summed E-state index contributed by atoms with van der Waals surface area (Å²) in [4.78, 5) is 12.3. The first-order chi connectivity index (χ1) is 9.75. The zero-order valence-electron chi connectivity index (χ0n) is 13.5. The number of methoxy groups -OCH3 is 1. The van der Waals surface area contributed by atoms with Crippen LogP contribution in [0.5, 0.6) is 0 Å². The summed E-state index contributed by atoms with van der Waals surface area (Å²) < 4.78 is 5.11. The second-order valence-electron chi connectivity index (χ2n) is 6.18. The molecule has 0 unspecified atom stereocenters. The number of rotatable bonds is 4. The number of carbonyl (C=O) groups is 1. The molecule has 118 valence electrons. The molecular formula is C17H33NO2. The lowest BCUT2D eigenvalue weighted by molar-refractivity contribution is -0.149. The van der Waals surface area contributed by atoms with Gasteiger partial charge in [0, 0.05) is 0 Å². The molecule has 1 aliphatic carbocycles. The summed E-state index contributed by atoms with van der Waals surface area (Å²) in [5.41, 5.74) is -0.427. The molecule has 1 saturated carbocycles. The van der Waals surface area contributed by atoms with Crippen LogP contribution >= 0.6 is 0 Å². The van der Waals surface area contributed by atoms with Crippen LogP contribution in [-0.4, -0.2) is 25.2 Å². The van der Waals surface area contributed by atoms with Crippen molar-refractivity contribution in [3.05, 3.63) is 0 Å². The van der Waals surface area contributed by atoms with Crippen molar-refractivity contribution in [1.82, 2.24) is 5.32 Å². The van der Waals surface area contributed by atoms with Gasteiger partial charge in [0.15, 0.2) is 0 Å². The highest BCUT2D eigenvalue weighted by Gasteiger charge is 2.37. The van der Waals surface area contributed by atoms with E-state index in [-0.39, 0.29) is 5.97 Å². The third-order valence-corrected chi connectivity index (χ3v) is 4.50. The van der Waals surface area contributed by atoms with E-state index in [0.29, 0.717) is 0 Å². The number of nitrogens with one attached hydrogen (secondary N) is 1. The largest absolute Gasteiger partial charge is 0.468 e. The molecule has 0 aromatic carbocycles. The number of hydrogen-bond donors (Lipinski definition) is 1. The van der Waals surface area contributed by atoms with Crippen LogP contribution in [0.4, 0.5) is 0 Å². The molecule has 0 heterocycles. The summed E-state index contributed by atoms with van der Waals surface area (Å²) in [6.07, 6.45) is 14.4.